The summed E-state index contributed by atoms with van der Waals surface area (Å²) in [7, 11) is 0. The van der Waals surface area contributed by atoms with Crippen LogP contribution in [0.1, 0.15) is 106 Å². The van der Waals surface area contributed by atoms with Crippen molar-refractivity contribution in [1.82, 2.24) is 9.80 Å². The SMILES string of the molecule is CC(C)(C)OC(=O)N(C(=O)CCC[C@H](O)c1ccc(F)cc1)[C@H](CO)c1ccccc1.O=C(CCC[C@H](O)c1ccc(F)cc1)N1C(=O)OC[C@@H]1c1ccccc1. The number of rotatable bonds is 14. The number of aliphatic hydroxyl groups excluding tert-OH is 3. The van der Waals surface area contributed by atoms with E-state index in [1.54, 1.807) is 51.1 Å². The van der Waals surface area contributed by atoms with E-state index in [9.17, 15) is 43.3 Å². The van der Waals surface area contributed by atoms with Crippen molar-refractivity contribution in [3.63, 3.8) is 0 Å². The van der Waals surface area contributed by atoms with E-state index in [1.165, 1.54) is 48.5 Å². The molecule has 1 aliphatic heterocycles. The number of carbonyl (C=O) groups excluding carboxylic acids is 4. The van der Waals surface area contributed by atoms with Crippen LogP contribution in [0.5, 0.6) is 0 Å². The predicted octanol–water partition coefficient (Wildman–Crippen LogP) is 8.28. The smallest absolute Gasteiger partial charge is 0.417 e. The molecular weight excluding hydrogens is 738 g/mol. The molecule has 1 heterocycles. The fourth-order valence-electron chi connectivity index (χ4n) is 6.18. The van der Waals surface area contributed by atoms with E-state index in [4.69, 9.17) is 9.47 Å². The average Bonchev–Trinajstić information content (AvgIpc) is 3.58. The van der Waals surface area contributed by atoms with E-state index in [0.29, 0.717) is 36.0 Å². The number of imide groups is 2. The first kappa shape index (κ1) is 44.2. The Bertz CT molecular complexity index is 1890. The molecule has 1 saturated heterocycles. The van der Waals surface area contributed by atoms with Crippen LogP contribution in [0.3, 0.4) is 0 Å². The molecule has 1 aliphatic rings. The fourth-order valence-corrected chi connectivity index (χ4v) is 6.18. The van der Waals surface area contributed by atoms with Crippen LogP contribution in [0, 0.1) is 11.6 Å². The molecular formula is C44H50F2N2O9. The maximum Gasteiger partial charge on any atom is 0.417 e. The summed E-state index contributed by atoms with van der Waals surface area (Å²) in [5, 5.41) is 30.4. The number of halogens is 2. The maximum atomic E-state index is 13.0. The maximum absolute atomic E-state index is 13.0. The predicted molar refractivity (Wildman–Crippen MR) is 207 cm³/mol. The Hall–Kier alpha value is -5.50. The van der Waals surface area contributed by atoms with Crippen molar-refractivity contribution in [1.29, 1.82) is 0 Å². The van der Waals surface area contributed by atoms with Gasteiger partial charge in [0.25, 0.3) is 0 Å². The average molecular weight is 789 g/mol. The van der Waals surface area contributed by atoms with Gasteiger partial charge in [0.2, 0.25) is 11.8 Å². The van der Waals surface area contributed by atoms with E-state index >= 15 is 0 Å². The highest BCUT2D eigenvalue weighted by Gasteiger charge is 2.38. The van der Waals surface area contributed by atoms with Crippen molar-refractivity contribution in [2.75, 3.05) is 13.2 Å². The van der Waals surface area contributed by atoms with E-state index in [2.05, 4.69) is 0 Å². The molecule has 3 N–H and O–H groups in total. The van der Waals surface area contributed by atoms with Crippen LogP contribution in [0.25, 0.3) is 0 Å². The summed E-state index contributed by atoms with van der Waals surface area (Å²) in [5.41, 5.74) is 1.79. The van der Waals surface area contributed by atoms with E-state index in [0.717, 1.165) is 15.4 Å². The third-order valence-electron chi connectivity index (χ3n) is 9.10. The van der Waals surface area contributed by atoms with E-state index < -0.39 is 60.4 Å². The Kier molecular flexibility index (Phi) is 16.4. The van der Waals surface area contributed by atoms with Gasteiger partial charge in [-0.05, 0) is 93.0 Å². The Labute approximate surface area is 331 Å². The number of aliphatic hydroxyl groups is 3. The third-order valence-corrected chi connectivity index (χ3v) is 9.10. The highest BCUT2D eigenvalue weighted by atomic mass is 19.1. The largest absolute Gasteiger partial charge is 0.446 e. The number of benzene rings is 4. The van der Waals surface area contributed by atoms with Gasteiger partial charge in [-0.15, -0.1) is 0 Å². The molecule has 4 aromatic carbocycles. The van der Waals surface area contributed by atoms with Gasteiger partial charge in [0, 0.05) is 12.8 Å². The first-order valence-electron chi connectivity index (χ1n) is 18.8. The van der Waals surface area contributed by atoms with Crippen molar-refractivity contribution in [2.24, 2.45) is 0 Å². The molecule has 1 fully saturated rings. The minimum Gasteiger partial charge on any atom is -0.446 e. The molecule has 0 saturated carbocycles. The van der Waals surface area contributed by atoms with E-state index in [-0.39, 0.29) is 37.6 Å². The highest BCUT2D eigenvalue weighted by molar-refractivity contribution is 5.94. The Morgan fingerprint density at radius 1 is 0.772 bits per heavy atom. The number of cyclic esters (lactones) is 1. The van der Waals surface area contributed by atoms with Gasteiger partial charge in [-0.2, -0.15) is 0 Å². The van der Waals surface area contributed by atoms with Crippen LogP contribution >= 0.6 is 0 Å². The van der Waals surface area contributed by atoms with Crippen LogP contribution in [0.4, 0.5) is 18.4 Å². The van der Waals surface area contributed by atoms with Gasteiger partial charge < -0.3 is 24.8 Å². The van der Waals surface area contributed by atoms with Crippen LogP contribution in [0.2, 0.25) is 0 Å². The van der Waals surface area contributed by atoms with Crippen molar-refractivity contribution >= 4 is 24.0 Å². The summed E-state index contributed by atoms with van der Waals surface area (Å²) < 4.78 is 36.4. The summed E-state index contributed by atoms with van der Waals surface area (Å²) in [6.07, 6.45) is -1.71. The summed E-state index contributed by atoms with van der Waals surface area (Å²) in [6.45, 7) is 4.79. The zero-order valence-corrected chi connectivity index (χ0v) is 32.3. The standard InChI is InChI=1S/C24H30FNO5.C20H20FNO4/c1-24(2,3)31-23(30)26(20(16-27)17-8-5-4-6-9-17)22(29)11-7-10-21(28)18-12-14-19(25)15-13-18;21-16-11-9-15(10-12-16)18(23)7-4-8-19(24)22-17(13-26-20(22)25)14-5-2-1-3-6-14/h4-6,8-9,12-15,20-21,27-28H,7,10-11,16H2,1-3H3;1-3,5-6,9-12,17-18,23H,4,7-8,13H2/t20-,21+;17-,18+/m11/s1. The molecule has 0 unspecified atom stereocenters. The van der Waals surface area contributed by atoms with Gasteiger partial charge in [-0.3, -0.25) is 9.59 Å². The van der Waals surface area contributed by atoms with Crippen molar-refractivity contribution in [2.45, 2.75) is 89.2 Å². The molecule has 13 heteroatoms. The zero-order valence-electron chi connectivity index (χ0n) is 32.3. The normalized spacial score (nSPS) is 15.4. The molecule has 4 atom stereocenters. The molecule has 57 heavy (non-hydrogen) atoms. The lowest BCUT2D eigenvalue weighted by Crippen LogP contribution is -2.44. The summed E-state index contributed by atoms with van der Waals surface area (Å²) in [6, 6.07) is 27.9. The topological polar surface area (TPSA) is 154 Å². The number of nitrogens with zero attached hydrogens (tertiary/aromatic N) is 2. The van der Waals surface area contributed by atoms with E-state index in [1.807, 2.05) is 30.3 Å². The number of ether oxygens (including phenoxy) is 2. The van der Waals surface area contributed by atoms with Crippen LogP contribution in [0.15, 0.2) is 109 Å². The number of hydrogen-bond acceptors (Lipinski definition) is 9. The van der Waals surface area contributed by atoms with Crippen LogP contribution in [-0.2, 0) is 19.1 Å². The Morgan fingerprint density at radius 2 is 1.26 bits per heavy atom. The molecule has 11 nitrogen and oxygen atoms in total. The number of hydrogen-bond donors (Lipinski definition) is 3. The molecule has 0 aromatic heterocycles. The van der Waals surface area contributed by atoms with Gasteiger partial charge >= 0.3 is 12.2 Å². The zero-order chi connectivity index (χ0) is 41.5. The molecule has 0 aliphatic carbocycles. The Balaban J connectivity index is 0.000000256. The molecule has 304 valence electrons. The molecule has 4 amide bonds. The minimum atomic E-state index is -0.884. The highest BCUT2D eigenvalue weighted by Crippen LogP contribution is 2.30. The fraction of sp³-hybridized carbons (Fsp3) is 0.364. The van der Waals surface area contributed by atoms with Gasteiger partial charge in [-0.25, -0.2) is 28.2 Å². The number of carbonyl (C=O) groups is 4. The molecule has 0 radical (unpaired) electrons. The Morgan fingerprint density at radius 3 is 1.75 bits per heavy atom. The summed E-state index contributed by atoms with van der Waals surface area (Å²) >= 11 is 0. The number of amides is 4. The van der Waals surface area contributed by atoms with Gasteiger partial charge in [0.1, 0.15) is 29.9 Å². The van der Waals surface area contributed by atoms with Crippen molar-refractivity contribution in [3.05, 3.63) is 143 Å². The second-order valence-electron chi connectivity index (χ2n) is 14.5. The summed E-state index contributed by atoms with van der Waals surface area (Å²) in [4.78, 5) is 52.3. The molecule has 5 rings (SSSR count). The second kappa shape index (κ2) is 21.1. The first-order chi connectivity index (χ1) is 27.2. The lowest BCUT2D eigenvalue weighted by atomic mass is 10.0. The molecule has 0 spiro atoms. The third kappa shape index (κ3) is 13.3. The van der Waals surface area contributed by atoms with Gasteiger partial charge in [-0.1, -0.05) is 84.9 Å². The lowest BCUT2D eigenvalue weighted by molar-refractivity contribution is -0.134. The van der Waals surface area contributed by atoms with Crippen LogP contribution in [-0.4, -0.2) is 67.9 Å². The first-order valence-corrected chi connectivity index (χ1v) is 18.8. The quantitative estimate of drug-likeness (QED) is 0.115. The van der Waals surface area contributed by atoms with Crippen molar-refractivity contribution < 1.29 is 52.8 Å². The molecule has 0 bridgehead atoms. The van der Waals surface area contributed by atoms with Gasteiger partial charge in [0.15, 0.2) is 0 Å². The van der Waals surface area contributed by atoms with Crippen molar-refractivity contribution in [3.8, 4) is 0 Å². The lowest BCUT2D eigenvalue weighted by Gasteiger charge is -2.31. The van der Waals surface area contributed by atoms with Gasteiger partial charge in [0.05, 0.1) is 24.9 Å². The molecule has 4 aromatic rings. The second-order valence-corrected chi connectivity index (χ2v) is 14.5. The summed E-state index contributed by atoms with van der Waals surface area (Å²) in [5.74, 6) is -1.60. The monoisotopic (exact) mass is 788 g/mol. The minimum absolute atomic E-state index is 0.0270. The van der Waals surface area contributed by atoms with Crippen LogP contribution < -0.4 is 0 Å².